The van der Waals surface area contributed by atoms with E-state index >= 15 is 0 Å². The second-order valence-electron chi connectivity index (χ2n) is 6.53. The van der Waals surface area contributed by atoms with Crippen molar-refractivity contribution in [2.75, 3.05) is 25.0 Å². The predicted molar refractivity (Wildman–Crippen MR) is 85.0 cm³/mol. The smallest absolute Gasteiger partial charge is 0.265 e. The normalized spacial score (nSPS) is 26.8. The van der Waals surface area contributed by atoms with Crippen LogP contribution in [0, 0.1) is 5.92 Å². The Morgan fingerprint density at radius 1 is 1.45 bits per heavy atom. The number of nitrogens with zero attached hydrogens (tertiary/aromatic N) is 1. The third kappa shape index (κ3) is 3.25. The molecule has 2 heterocycles. The summed E-state index contributed by atoms with van der Waals surface area (Å²) in [4.78, 5) is 14.0. The highest BCUT2D eigenvalue weighted by atomic mass is 16.5. The Bertz CT molecular complexity index is 561. The van der Waals surface area contributed by atoms with E-state index in [1.807, 2.05) is 18.2 Å². The maximum Gasteiger partial charge on any atom is 0.265 e. The molecule has 2 aliphatic heterocycles. The molecule has 0 saturated carbocycles. The van der Waals surface area contributed by atoms with Crippen molar-refractivity contribution in [1.82, 2.24) is 4.90 Å². The van der Waals surface area contributed by atoms with Crippen molar-refractivity contribution in [3.63, 3.8) is 0 Å². The van der Waals surface area contributed by atoms with Crippen LogP contribution in [0.1, 0.15) is 38.4 Å². The average Bonchev–Trinajstić information content (AvgIpc) is 2.48. The molecule has 0 spiro atoms. The summed E-state index contributed by atoms with van der Waals surface area (Å²) >= 11 is 0. The van der Waals surface area contributed by atoms with Crippen molar-refractivity contribution in [3.05, 3.63) is 23.8 Å². The first-order valence-corrected chi connectivity index (χ1v) is 8.05. The van der Waals surface area contributed by atoms with Crippen molar-refractivity contribution in [3.8, 4) is 5.75 Å². The first-order valence-electron chi connectivity index (χ1n) is 8.05. The molecule has 0 radical (unpaired) electrons. The molecule has 1 amide bonds. The van der Waals surface area contributed by atoms with Gasteiger partial charge in [0.05, 0.1) is 11.8 Å². The van der Waals surface area contributed by atoms with Gasteiger partial charge in [-0.3, -0.25) is 4.79 Å². The number of carbonyl (C=O) groups excluding carboxylic acids is 1. The molecular formula is C17H24N2O3. The quantitative estimate of drug-likeness (QED) is 0.898. The van der Waals surface area contributed by atoms with Crippen LogP contribution in [0.15, 0.2) is 18.2 Å². The van der Waals surface area contributed by atoms with Gasteiger partial charge in [-0.1, -0.05) is 13.0 Å². The minimum absolute atomic E-state index is 0.149. The van der Waals surface area contributed by atoms with Crippen LogP contribution in [-0.2, 0) is 4.79 Å². The molecule has 2 N–H and O–H groups in total. The average molecular weight is 304 g/mol. The number of likely N-dealkylation sites (tertiary alicyclic amines) is 1. The lowest BCUT2D eigenvalue weighted by atomic mass is 9.99. The van der Waals surface area contributed by atoms with Gasteiger partial charge in [0.25, 0.3) is 5.91 Å². The molecule has 3 atom stereocenters. The number of ether oxygens (including phenoxy) is 1. The molecule has 0 bridgehead atoms. The molecule has 120 valence electrons. The van der Waals surface area contributed by atoms with Gasteiger partial charge in [-0.15, -0.1) is 0 Å². The molecule has 1 fully saturated rings. The highest BCUT2D eigenvalue weighted by Gasteiger charge is 2.25. The molecule has 5 nitrogen and oxygen atoms in total. The van der Waals surface area contributed by atoms with E-state index in [1.54, 1.807) is 6.92 Å². The van der Waals surface area contributed by atoms with E-state index in [0.717, 1.165) is 18.7 Å². The summed E-state index contributed by atoms with van der Waals surface area (Å²) in [6, 6.07) is 5.51. The lowest BCUT2D eigenvalue weighted by Crippen LogP contribution is -2.37. The van der Waals surface area contributed by atoms with E-state index in [1.165, 1.54) is 12.8 Å². The highest BCUT2D eigenvalue weighted by Crippen LogP contribution is 2.32. The number of aliphatic hydroxyl groups is 1. The van der Waals surface area contributed by atoms with Crippen molar-refractivity contribution < 1.29 is 14.6 Å². The first-order chi connectivity index (χ1) is 10.5. The van der Waals surface area contributed by atoms with Gasteiger partial charge in [-0.25, -0.2) is 0 Å². The molecule has 3 rings (SSSR count). The van der Waals surface area contributed by atoms with E-state index in [9.17, 15) is 9.90 Å². The van der Waals surface area contributed by atoms with Crippen LogP contribution >= 0.6 is 0 Å². The van der Waals surface area contributed by atoms with Crippen LogP contribution in [-0.4, -0.2) is 41.7 Å². The van der Waals surface area contributed by atoms with E-state index in [0.29, 0.717) is 23.9 Å². The Morgan fingerprint density at radius 2 is 2.27 bits per heavy atom. The first kappa shape index (κ1) is 15.3. The number of nitrogens with one attached hydrogen (secondary N) is 1. The van der Waals surface area contributed by atoms with E-state index in [2.05, 4.69) is 17.1 Å². The number of aliphatic hydroxyl groups excluding tert-OH is 1. The maximum absolute atomic E-state index is 11.7. The van der Waals surface area contributed by atoms with Gasteiger partial charge in [0.2, 0.25) is 0 Å². The molecule has 3 unspecified atom stereocenters. The van der Waals surface area contributed by atoms with Crippen LogP contribution in [0.5, 0.6) is 5.75 Å². The van der Waals surface area contributed by atoms with Gasteiger partial charge in [0.1, 0.15) is 5.75 Å². The maximum atomic E-state index is 11.7. The zero-order valence-electron chi connectivity index (χ0n) is 13.2. The van der Waals surface area contributed by atoms with Gasteiger partial charge in [-0.2, -0.15) is 0 Å². The summed E-state index contributed by atoms with van der Waals surface area (Å²) in [5, 5.41) is 13.3. The number of amides is 1. The number of piperidine rings is 1. The predicted octanol–water partition coefficient (Wildman–Crippen LogP) is 2.17. The summed E-state index contributed by atoms with van der Waals surface area (Å²) < 4.78 is 5.54. The Labute approximate surface area is 131 Å². The lowest BCUT2D eigenvalue weighted by molar-refractivity contribution is -0.122. The highest BCUT2D eigenvalue weighted by molar-refractivity contribution is 5.97. The van der Waals surface area contributed by atoms with Crippen molar-refractivity contribution >= 4 is 11.6 Å². The van der Waals surface area contributed by atoms with Crippen molar-refractivity contribution in [1.29, 1.82) is 0 Å². The van der Waals surface area contributed by atoms with Crippen LogP contribution in [0.25, 0.3) is 0 Å². The van der Waals surface area contributed by atoms with Crippen molar-refractivity contribution in [2.45, 2.75) is 38.9 Å². The monoisotopic (exact) mass is 304 g/mol. The number of rotatable bonds is 3. The van der Waals surface area contributed by atoms with Gasteiger partial charge in [0, 0.05) is 13.1 Å². The van der Waals surface area contributed by atoms with Crippen LogP contribution in [0.2, 0.25) is 0 Å². The van der Waals surface area contributed by atoms with E-state index < -0.39 is 12.2 Å². The summed E-state index contributed by atoms with van der Waals surface area (Å²) in [7, 11) is 0. The topological polar surface area (TPSA) is 61.8 Å². The molecule has 5 heteroatoms. The van der Waals surface area contributed by atoms with Crippen LogP contribution in [0.3, 0.4) is 0 Å². The van der Waals surface area contributed by atoms with Gasteiger partial charge < -0.3 is 20.1 Å². The number of hydrogen-bond donors (Lipinski definition) is 2. The van der Waals surface area contributed by atoms with Gasteiger partial charge in [0.15, 0.2) is 6.10 Å². The minimum Gasteiger partial charge on any atom is -0.479 e. The van der Waals surface area contributed by atoms with Crippen LogP contribution in [0.4, 0.5) is 5.69 Å². The number of anilines is 1. The minimum atomic E-state index is -0.549. The molecule has 0 aromatic heterocycles. The van der Waals surface area contributed by atoms with Gasteiger partial charge >= 0.3 is 0 Å². The SMILES string of the molecule is CC1CCCN(CC(O)c2ccc3c(c2)NC(=O)C(C)O3)C1. The third-order valence-electron chi connectivity index (χ3n) is 4.49. The number of β-amino-alcohol motifs (C(OH)–C–C–N with tert-alkyl or cyclic N) is 1. The Balaban J connectivity index is 1.69. The molecule has 1 aromatic rings. The summed E-state index contributed by atoms with van der Waals surface area (Å²) in [5.74, 6) is 1.21. The zero-order valence-corrected chi connectivity index (χ0v) is 13.2. The van der Waals surface area contributed by atoms with E-state index in [-0.39, 0.29) is 5.91 Å². The third-order valence-corrected chi connectivity index (χ3v) is 4.49. The summed E-state index contributed by atoms with van der Waals surface area (Å²) in [6.07, 6.45) is 1.44. The molecule has 22 heavy (non-hydrogen) atoms. The fourth-order valence-corrected chi connectivity index (χ4v) is 3.24. The Kier molecular flexibility index (Phi) is 4.36. The summed E-state index contributed by atoms with van der Waals surface area (Å²) in [5.41, 5.74) is 1.46. The zero-order chi connectivity index (χ0) is 15.7. The number of fused-ring (bicyclic) bond motifs is 1. The molecule has 1 saturated heterocycles. The fraction of sp³-hybridized carbons (Fsp3) is 0.588. The summed E-state index contributed by atoms with van der Waals surface area (Å²) in [6.45, 7) is 6.70. The standard InChI is InChI=1S/C17H24N2O3/c1-11-4-3-7-19(9-11)10-15(20)13-5-6-16-14(8-13)18-17(21)12(2)22-16/h5-6,8,11-12,15,20H,3-4,7,9-10H2,1-2H3,(H,18,21). The van der Waals surface area contributed by atoms with E-state index in [4.69, 9.17) is 4.74 Å². The lowest BCUT2D eigenvalue weighted by Gasteiger charge is -2.32. The van der Waals surface area contributed by atoms with Crippen molar-refractivity contribution in [2.24, 2.45) is 5.92 Å². The number of hydrogen-bond acceptors (Lipinski definition) is 4. The molecule has 2 aliphatic rings. The second-order valence-corrected chi connectivity index (χ2v) is 6.53. The van der Waals surface area contributed by atoms with Crippen LogP contribution < -0.4 is 10.1 Å². The molecule has 1 aromatic carbocycles. The number of benzene rings is 1. The number of carbonyl (C=O) groups is 1. The fourth-order valence-electron chi connectivity index (χ4n) is 3.24. The van der Waals surface area contributed by atoms with Gasteiger partial charge in [-0.05, 0) is 49.9 Å². The second kappa shape index (κ2) is 6.26. The Morgan fingerprint density at radius 3 is 3.05 bits per heavy atom. The molecule has 0 aliphatic carbocycles. The largest absolute Gasteiger partial charge is 0.479 e. The Hall–Kier alpha value is -1.59. The molecular weight excluding hydrogens is 280 g/mol.